The van der Waals surface area contributed by atoms with E-state index in [1.807, 2.05) is 6.92 Å². The molecule has 1 aromatic carbocycles. The maximum absolute atomic E-state index is 14.1. The molecule has 0 saturated carbocycles. The van der Waals surface area contributed by atoms with Crippen molar-refractivity contribution >= 4 is 37.4 Å². The highest BCUT2D eigenvalue weighted by atomic mass is 79.9. The van der Waals surface area contributed by atoms with Crippen LogP contribution in [0.2, 0.25) is 5.02 Å². The highest BCUT2D eigenvalue weighted by Crippen LogP contribution is 2.30. The van der Waals surface area contributed by atoms with Crippen molar-refractivity contribution in [2.24, 2.45) is 0 Å². The van der Waals surface area contributed by atoms with Gasteiger partial charge in [-0.15, -0.1) is 0 Å². The summed E-state index contributed by atoms with van der Waals surface area (Å²) in [6, 6.07) is 2.56. The first-order valence-electron chi connectivity index (χ1n) is 5.80. The average Bonchev–Trinajstić information content (AvgIpc) is 2.30. The first-order valence-corrected chi connectivity index (χ1v) is 9.04. The number of halogens is 3. The highest BCUT2D eigenvalue weighted by Gasteiger charge is 2.22. The van der Waals surface area contributed by atoms with E-state index in [1.165, 1.54) is 0 Å². The van der Waals surface area contributed by atoms with Gasteiger partial charge in [0.15, 0.2) is 0 Å². The Morgan fingerprint density at radius 2 is 2.11 bits per heavy atom. The molecule has 0 aliphatic rings. The molecule has 0 aromatic heterocycles. The van der Waals surface area contributed by atoms with Gasteiger partial charge in [-0.3, -0.25) is 0 Å². The quantitative estimate of drug-likeness (QED) is 0.779. The Kier molecular flexibility index (Phi) is 6.23. The molecular weight excluding hydrogens is 357 g/mol. The fourth-order valence-electron chi connectivity index (χ4n) is 1.69. The summed E-state index contributed by atoms with van der Waals surface area (Å²) in [4.78, 5) is 0. The number of sulfone groups is 1. The van der Waals surface area contributed by atoms with Gasteiger partial charge in [-0.25, -0.2) is 12.8 Å². The molecule has 0 spiro atoms. The molecule has 0 aliphatic carbocycles. The summed E-state index contributed by atoms with van der Waals surface area (Å²) in [5.41, 5.74) is 0.270. The molecule has 1 atom stereocenters. The second kappa shape index (κ2) is 7.02. The van der Waals surface area contributed by atoms with Crippen LogP contribution in [0.4, 0.5) is 4.39 Å². The third-order valence-electron chi connectivity index (χ3n) is 2.55. The largest absolute Gasteiger partial charge is 0.309 e. The zero-order valence-corrected chi connectivity index (χ0v) is 13.9. The summed E-state index contributed by atoms with van der Waals surface area (Å²) < 4.78 is 37.4. The molecular formula is C12H16BrClFNO2S. The molecule has 108 valence electrons. The summed E-state index contributed by atoms with van der Waals surface area (Å²) in [7, 11) is -3.23. The molecule has 0 bridgehead atoms. The van der Waals surface area contributed by atoms with Gasteiger partial charge in [0, 0.05) is 22.3 Å². The van der Waals surface area contributed by atoms with E-state index < -0.39 is 21.7 Å². The maximum atomic E-state index is 14.1. The predicted octanol–water partition coefficient (Wildman–Crippen LogP) is 3.33. The van der Waals surface area contributed by atoms with E-state index in [0.717, 1.165) is 12.7 Å². The summed E-state index contributed by atoms with van der Waals surface area (Å²) in [6.45, 7) is 2.56. The number of nitrogens with one attached hydrogen (secondary N) is 1. The average molecular weight is 373 g/mol. The Bertz CT molecular complexity index is 551. The minimum atomic E-state index is -3.23. The van der Waals surface area contributed by atoms with Crippen LogP contribution in [0.25, 0.3) is 0 Å². The van der Waals surface area contributed by atoms with Crippen molar-refractivity contribution in [3.05, 3.63) is 33.0 Å². The van der Waals surface area contributed by atoms with Crippen molar-refractivity contribution in [3.63, 3.8) is 0 Å². The molecule has 0 heterocycles. The molecule has 0 fully saturated rings. The van der Waals surface area contributed by atoms with Crippen LogP contribution in [0.15, 0.2) is 16.6 Å². The molecule has 0 saturated heterocycles. The van der Waals surface area contributed by atoms with E-state index in [4.69, 9.17) is 11.6 Å². The highest BCUT2D eigenvalue weighted by molar-refractivity contribution is 9.10. The van der Waals surface area contributed by atoms with Crippen molar-refractivity contribution in [2.75, 3.05) is 18.6 Å². The van der Waals surface area contributed by atoms with Gasteiger partial charge in [-0.1, -0.05) is 24.6 Å². The Balaban J connectivity index is 3.13. The molecule has 7 heteroatoms. The first kappa shape index (κ1) is 16.9. The molecule has 0 radical (unpaired) electrons. The molecule has 3 nitrogen and oxygen atoms in total. The lowest BCUT2D eigenvalue weighted by molar-refractivity contribution is 0.519. The molecule has 0 aliphatic heterocycles. The predicted molar refractivity (Wildman–Crippen MR) is 79.9 cm³/mol. The maximum Gasteiger partial charge on any atom is 0.149 e. The van der Waals surface area contributed by atoms with E-state index in [2.05, 4.69) is 21.2 Å². The van der Waals surface area contributed by atoms with E-state index in [9.17, 15) is 12.8 Å². The Labute approximate surface area is 126 Å². The van der Waals surface area contributed by atoms with Crippen molar-refractivity contribution < 1.29 is 12.8 Å². The van der Waals surface area contributed by atoms with Gasteiger partial charge in [-0.05, 0) is 35.0 Å². The van der Waals surface area contributed by atoms with Gasteiger partial charge in [0.1, 0.15) is 15.7 Å². The van der Waals surface area contributed by atoms with Crippen LogP contribution in [-0.4, -0.2) is 27.0 Å². The van der Waals surface area contributed by atoms with Crippen molar-refractivity contribution in [2.45, 2.75) is 19.4 Å². The lowest BCUT2D eigenvalue weighted by Crippen LogP contribution is -2.29. The smallest absolute Gasteiger partial charge is 0.149 e. The lowest BCUT2D eigenvalue weighted by atomic mass is 10.1. The number of rotatable bonds is 6. The van der Waals surface area contributed by atoms with Crippen molar-refractivity contribution in [3.8, 4) is 0 Å². The minimum absolute atomic E-state index is 0.0331. The molecule has 1 unspecified atom stereocenters. The van der Waals surface area contributed by atoms with Crippen LogP contribution in [0, 0.1) is 5.82 Å². The topological polar surface area (TPSA) is 46.2 Å². The van der Waals surface area contributed by atoms with Gasteiger partial charge < -0.3 is 5.32 Å². The van der Waals surface area contributed by atoms with Crippen LogP contribution >= 0.6 is 27.5 Å². The second-order valence-corrected chi connectivity index (χ2v) is 7.78. The third kappa shape index (κ3) is 5.02. The summed E-state index contributed by atoms with van der Waals surface area (Å²) in [5.74, 6) is -0.754. The Hall–Kier alpha value is -0.170. The summed E-state index contributed by atoms with van der Waals surface area (Å²) >= 11 is 8.97. The van der Waals surface area contributed by atoms with Gasteiger partial charge in [0.2, 0.25) is 0 Å². The first-order chi connectivity index (χ1) is 8.76. The van der Waals surface area contributed by atoms with E-state index >= 15 is 0 Å². The fourth-order valence-corrected chi connectivity index (χ4v) is 3.07. The van der Waals surface area contributed by atoms with Crippen molar-refractivity contribution in [1.29, 1.82) is 0 Å². The zero-order chi connectivity index (χ0) is 14.6. The van der Waals surface area contributed by atoms with E-state index in [-0.39, 0.29) is 16.3 Å². The second-order valence-electron chi connectivity index (χ2n) is 4.36. The fraction of sp³-hybridized carbons (Fsp3) is 0.500. The number of hydrogen-bond donors (Lipinski definition) is 1. The van der Waals surface area contributed by atoms with Crippen LogP contribution in [0.1, 0.15) is 24.9 Å². The minimum Gasteiger partial charge on any atom is -0.309 e. The molecule has 19 heavy (non-hydrogen) atoms. The van der Waals surface area contributed by atoms with Crippen LogP contribution in [-0.2, 0) is 9.84 Å². The zero-order valence-electron chi connectivity index (χ0n) is 10.7. The standard InChI is InChI=1S/C12H16BrClFNO2S/c1-3-6-16-10(7-19(2,17)18)8-4-5-9(13)11(14)12(8)15/h4-5,10,16H,3,6-7H2,1-2H3. The molecule has 1 N–H and O–H groups in total. The van der Waals surface area contributed by atoms with E-state index in [0.29, 0.717) is 11.0 Å². The van der Waals surface area contributed by atoms with Crippen molar-refractivity contribution in [1.82, 2.24) is 5.32 Å². The van der Waals surface area contributed by atoms with Gasteiger partial charge in [-0.2, -0.15) is 0 Å². The van der Waals surface area contributed by atoms with Crippen LogP contribution < -0.4 is 5.32 Å². The number of benzene rings is 1. The molecule has 1 aromatic rings. The normalized spacial score (nSPS) is 13.5. The summed E-state index contributed by atoms with van der Waals surface area (Å²) in [6.07, 6.45) is 1.96. The monoisotopic (exact) mass is 371 g/mol. The van der Waals surface area contributed by atoms with Crippen LogP contribution in [0.3, 0.4) is 0 Å². The summed E-state index contributed by atoms with van der Waals surface area (Å²) in [5, 5.41) is 3.00. The third-order valence-corrected chi connectivity index (χ3v) is 4.75. The van der Waals surface area contributed by atoms with Crippen LogP contribution in [0.5, 0.6) is 0 Å². The van der Waals surface area contributed by atoms with Gasteiger partial charge >= 0.3 is 0 Å². The molecule has 1 rings (SSSR count). The lowest BCUT2D eigenvalue weighted by Gasteiger charge is -2.19. The molecule has 0 amide bonds. The Morgan fingerprint density at radius 1 is 1.47 bits per heavy atom. The SMILES string of the molecule is CCCNC(CS(C)(=O)=O)c1ccc(Br)c(Cl)c1F. The Morgan fingerprint density at radius 3 is 2.63 bits per heavy atom. The van der Waals surface area contributed by atoms with Gasteiger partial charge in [0.25, 0.3) is 0 Å². The van der Waals surface area contributed by atoms with Gasteiger partial charge in [0.05, 0.1) is 10.8 Å². The number of hydrogen-bond acceptors (Lipinski definition) is 3. The van der Waals surface area contributed by atoms with E-state index in [1.54, 1.807) is 12.1 Å².